The van der Waals surface area contributed by atoms with Gasteiger partial charge in [0.1, 0.15) is 0 Å². The fraction of sp³-hybridized carbons (Fsp3) is 0.364. The van der Waals surface area contributed by atoms with E-state index in [1.807, 2.05) is 46.2 Å². The molecular formula is C22H24N2O2. The molecule has 2 aromatic rings. The number of fused-ring (bicyclic) bond motifs is 1. The van der Waals surface area contributed by atoms with Crippen LogP contribution in [0.1, 0.15) is 41.3 Å². The summed E-state index contributed by atoms with van der Waals surface area (Å²) in [5, 5.41) is 0. The number of benzene rings is 2. The van der Waals surface area contributed by atoms with Gasteiger partial charge in [0.15, 0.2) is 0 Å². The largest absolute Gasteiger partial charge is 0.341 e. The van der Waals surface area contributed by atoms with Gasteiger partial charge in [0, 0.05) is 32.1 Å². The summed E-state index contributed by atoms with van der Waals surface area (Å²) < 4.78 is 0. The molecule has 4 heteroatoms. The smallest absolute Gasteiger partial charge is 0.254 e. The van der Waals surface area contributed by atoms with Gasteiger partial charge in [0.2, 0.25) is 5.91 Å². The first-order valence-electron chi connectivity index (χ1n) is 9.28. The minimum Gasteiger partial charge on any atom is -0.341 e. The maximum Gasteiger partial charge on any atom is 0.254 e. The van der Waals surface area contributed by atoms with Crippen LogP contribution in [0, 0.1) is 0 Å². The molecule has 2 heterocycles. The third-order valence-corrected chi connectivity index (χ3v) is 5.81. The van der Waals surface area contributed by atoms with Crippen LogP contribution in [0.4, 0.5) is 0 Å². The molecule has 134 valence electrons. The highest BCUT2D eigenvalue weighted by molar-refractivity contribution is 5.95. The lowest BCUT2D eigenvalue weighted by Crippen LogP contribution is -2.63. The first-order chi connectivity index (χ1) is 12.6. The number of rotatable bonds is 1. The number of amides is 2. The van der Waals surface area contributed by atoms with Crippen LogP contribution in [0.15, 0.2) is 54.6 Å². The van der Waals surface area contributed by atoms with Crippen molar-refractivity contribution in [2.75, 3.05) is 13.1 Å². The molecule has 0 aromatic heterocycles. The molecule has 2 aromatic carbocycles. The van der Waals surface area contributed by atoms with Crippen molar-refractivity contribution in [2.24, 2.45) is 0 Å². The van der Waals surface area contributed by atoms with Gasteiger partial charge in [0.25, 0.3) is 5.91 Å². The zero-order valence-electron chi connectivity index (χ0n) is 15.1. The molecule has 2 amide bonds. The zero-order valence-corrected chi connectivity index (χ0v) is 15.1. The van der Waals surface area contributed by atoms with Crippen LogP contribution in [0.25, 0.3) is 0 Å². The first-order valence-corrected chi connectivity index (χ1v) is 9.28. The predicted octanol–water partition coefficient (Wildman–Crippen LogP) is 3.27. The van der Waals surface area contributed by atoms with E-state index in [-0.39, 0.29) is 17.4 Å². The van der Waals surface area contributed by atoms with Gasteiger partial charge < -0.3 is 9.80 Å². The minimum absolute atomic E-state index is 0.0607. The molecule has 26 heavy (non-hydrogen) atoms. The molecule has 4 nitrogen and oxygen atoms in total. The van der Waals surface area contributed by atoms with Gasteiger partial charge in [-0.15, -0.1) is 0 Å². The first kappa shape index (κ1) is 16.8. The third-order valence-electron chi connectivity index (χ3n) is 5.81. The molecule has 0 bridgehead atoms. The molecule has 2 aliphatic rings. The van der Waals surface area contributed by atoms with Crippen LogP contribution < -0.4 is 0 Å². The van der Waals surface area contributed by atoms with Crippen LogP contribution >= 0.6 is 0 Å². The molecule has 2 aliphatic heterocycles. The Labute approximate surface area is 154 Å². The van der Waals surface area contributed by atoms with E-state index in [0.717, 1.165) is 25.8 Å². The molecule has 1 fully saturated rings. The van der Waals surface area contributed by atoms with Crippen LogP contribution in [-0.2, 0) is 17.8 Å². The lowest BCUT2D eigenvalue weighted by atomic mass is 9.77. The van der Waals surface area contributed by atoms with Gasteiger partial charge in [-0.2, -0.15) is 0 Å². The SMILES string of the molecule is CC(=O)N1CCCC2(Cc3ccccc3CN2C(=O)c2ccccc2)C1. The predicted molar refractivity (Wildman–Crippen MR) is 101 cm³/mol. The maximum atomic E-state index is 13.4. The van der Waals surface area contributed by atoms with Crippen LogP contribution in [0.3, 0.4) is 0 Å². The zero-order chi connectivity index (χ0) is 18.1. The standard InChI is InChI=1S/C22H24N2O2/c1-17(25)23-13-7-12-22(16-23)14-19-10-5-6-11-20(19)15-24(22)21(26)18-8-3-2-4-9-18/h2-6,8-11H,7,12-16H2,1H3. The molecule has 0 aliphatic carbocycles. The quantitative estimate of drug-likeness (QED) is 0.794. The van der Waals surface area contributed by atoms with E-state index in [4.69, 9.17) is 0 Å². The van der Waals surface area contributed by atoms with Gasteiger partial charge in [-0.25, -0.2) is 0 Å². The van der Waals surface area contributed by atoms with Gasteiger partial charge >= 0.3 is 0 Å². The number of carbonyl (C=O) groups excluding carboxylic acids is 2. The molecule has 0 radical (unpaired) electrons. The summed E-state index contributed by atoms with van der Waals surface area (Å²) in [7, 11) is 0. The molecule has 4 rings (SSSR count). The topological polar surface area (TPSA) is 40.6 Å². The van der Waals surface area contributed by atoms with Crippen molar-refractivity contribution in [3.8, 4) is 0 Å². The number of piperidine rings is 1. The second-order valence-corrected chi connectivity index (χ2v) is 7.47. The Kier molecular flexibility index (Phi) is 4.27. The molecule has 0 N–H and O–H groups in total. The molecule has 1 unspecified atom stereocenters. The van der Waals surface area contributed by atoms with Gasteiger partial charge in [-0.3, -0.25) is 9.59 Å². The highest BCUT2D eigenvalue weighted by Gasteiger charge is 2.46. The summed E-state index contributed by atoms with van der Waals surface area (Å²) in [5.74, 6) is 0.153. The Hall–Kier alpha value is -2.62. The number of nitrogens with zero attached hydrogens (tertiary/aromatic N) is 2. The summed E-state index contributed by atoms with van der Waals surface area (Å²) in [6.07, 6.45) is 2.68. The van der Waals surface area contributed by atoms with Crippen molar-refractivity contribution < 1.29 is 9.59 Å². The molecule has 1 atom stereocenters. The third kappa shape index (κ3) is 2.90. The fourth-order valence-corrected chi connectivity index (χ4v) is 4.44. The highest BCUT2D eigenvalue weighted by atomic mass is 16.2. The van der Waals surface area contributed by atoms with E-state index in [2.05, 4.69) is 18.2 Å². The van der Waals surface area contributed by atoms with Crippen molar-refractivity contribution in [3.63, 3.8) is 0 Å². The number of carbonyl (C=O) groups is 2. The maximum absolute atomic E-state index is 13.4. The van der Waals surface area contributed by atoms with Crippen LogP contribution in [0.2, 0.25) is 0 Å². The Balaban J connectivity index is 1.75. The summed E-state index contributed by atoms with van der Waals surface area (Å²) in [5.41, 5.74) is 2.91. The van der Waals surface area contributed by atoms with Crippen LogP contribution in [0.5, 0.6) is 0 Å². The van der Waals surface area contributed by atoms with Gasteiger partial charge in [-0.05, 0) is 42.5 Å². The van der Waals surface area contributed by atoms with E-state index < -0.39 is 0 Å². The summed E-state index contributed by atoms with van der Waals surface area (Å²) >= 11 is 0. The second-order valence-electron chi connectivity index (χ2n) is 7.47. The van der Waals surface area contributed by atoms with E-state index in [1.54, 1.807) is 6.92 Å². The van der Waals surface area contributed by atoms with Crippen molar-refractivity contribution in [2.45, 2.75) is 38.3 Å². The number of likely N-dealkylation sites (tertiary alicyclic amines) is 1. The summed E-state index contributed by atoms with van der Waals surface area (Å²) in [4.78, 5) is 29.4. The number of hydrogen-bond donors (Lipinski definition) is 0. The van der Waals surface area contributed by atoms with Crippen molar-refractivity contribution in [1.82, 2.24) is 9.80 Å². The summed E-state index contributed by atoms with van der Waals surface area (Å²) in [6.45, 7) is 3.64. The second kappa shape index (κ2) is 6.60. The molecule has 0 saturated carbocycles. The minimum atomic E-state index is -0.314. The fourth-order valence-electron chi connectivity index (χ4n) is 4.44. The Morgan fingerprint density at radius 2 is 1.65 bits per heavy atom. The van der Waals surface area contributed by atoms with E-state index in [9.17, 15) is 9.59 Å². The average Bonchev–Trinajstić information content (AvgIpc) is 2.67. The Morgan fingerprint density at radius 1 is 0.962 bits per heavy atom. The Bertz CT molecular complexity index is 833. The monoisotopic (exact) mass is 348 g/mol. The highest BCUT2D eigenvalue weighted by Crippen LogP contribution is 2.38. The lowest BCUT2D eigenvalue weighted by Gasteiger charge is -2.52. The molecule has 1 saturated heterocycles. The Morgan fingerprint density at radius 3 is 2.38 bits per heavy atom. The summed E-state index contributed by atoms with van der Waals surface area (Å²) in [6, 6.07) is 17.9. The van der Waals surface area contributed by atoms with E-state index in [1.165, 1.54) is 11.1 Å². The average molecular weight is 348 g/mol. The van der Waals surface area contributed by atoms with Crippen molar-refractivity contribution >= 4 is 11.8 Å². The number of hydrogen-bond acceptors (Lipinski definition) is 2. The molecular weight excluding hydrogens is 324 g/mol. The van der Waals surface area contributed by atoms with E-state index >= 15 is 0 Å². The normalized spacial score (nSPS) is 22.2. The lowest BCUT2D eigenvalue weighted by molar-refractivity contribution is -0.133. The van der Waals surface area contributed by atoms with Gasteiger partial charge in [-0.1, -0.05) is 42.5 Å². The van der Waals surface area contributed by atoms with Gasteiger partial charge in [0.05, 0.1) is 5.54 Å². The molecule has 1 spiro atoms. The van der Waals surface area contributed by atoms with Crippen molar-refractivity contribution in [1.29, 1.82) is 0 Å². The van der Waals surface area contributed by atoms with E-state index in [0.29, 0.717) is 18.7 Å². The van der Waals surface area contributed by atoms with Crippen LogP contribution in [-0.4, -0.2) is 40.2 Å². The van der Waals surface area contributed by atoms with Crippen molar-refractivity contribution in [3.05, 3.63) is 71.3 Å².